The predicted octanol–water partition coefficient (Wildman–Crippen LogP) is 4.05. The largest absolute Gasteiger partial charge is 0.454 e. The molecule has 0 radical (unpaired) electrons. The van der Waals surface area contributed by atoms with Crippen molar-refractivity contribution in [1.82, 2.24) is 4.90 Å². The minimum absolute atomic E-state index is 0.262. The van der Waals surface area contributed by atoms with Crippen LogP contribution >= 0.6 is 0 Å². The van der Waals surface area contributed by atoms with E-state index >= 15 is 0 Å². The van der Waals surface area contributed by atoms with Gasteiger partial charge in [0.25, 0.3) is 11.6 Å². The molecule has 0 aliphatic carbocycles. The molecule has 0 saturated carbocycles. The van der Waals surface area contributed by atoms with Gasteiger partial charge in [-0.25, -0.2) is 0 Å². The maximum absolute atomic E-state index is 12.8. The Morgan fingerprint density at radius 3 is 2.41 bits per heavy atom. The highest BCUT2D eigenvalue weighted by Gasteiger charge is 2.33. The Hall–Kier alpha value is -3.63. The van der Waals surface area contributed by atoms with Crippen LogP contribution in [-0.4, -0.2) is 47.9 Å². The van der Waals surface area contributed by atoms with Gasteiger partial charge in [0.05, 0.1) is 10.5 Å². The SMILES string of the molecule is O=C(CNc1ccc(C(F)(F)F)cc1[N+](=O)[O-])OCC(=O)N1CCC(Cc2ccccc2)CC1. The lowest BCUT2D eigenvalue weighted by molar-refractivity contribution is -0.384. The summed E-state index contributed by atoms with van der Waals surface area (Å²) in [7, 11) is 0. The Morgan fingerprint density at radius 2 is 1.79 bits per heavy atom. The van der Waals surface area contributed by atoms with Crippen LogP contribution in [0.4, 0.5) is 24.5 Å². The molecule has 34 heavy (non-hydrogen) atoms. The highest BCUT2D eigenvalue weighted by molar-refractivity contribution is 5.82. The lowest BCUT2D eigenvalue weighted by atomic mass is 9.90. The van der Waals surface area contributed by atoms with E-state index in [1.54, 1.807) is 4.90 Å². The Balaban J connectivity index is 1.43. The summed E-state index contributed by atoms with van der Waals surface area (Å²) in [6, 6.07) is 12.0. The molecule has 0 spiro atoms. The number of nitrogens with zero attached hydrogens (tertiary/aromatic N) is 2. The number of amides is 1. The lowest BCUT2D eigenvalue weighted by Gasteiger charge is -2.32. The molecule has 2 aromatic rings. The summed E-state index contributed by atoms with van der Waals surface area (Å²) in [6.45, 7) is 0.103. The van der Waals surface area contributed by atoms with Crippen molar-refractivity contribution in [3.8, 4) is 0 Å². The Morgan fingerprint density at radius 1 is 1.12 bits per heavy atom. The van der Waals surface area contributed by atoms with Crippen molar-refractivity contribution in [3.05, 3.63) is 69.8 Å². The minimum Gasteiger partial charge on any atom is -0.454 e. The predicted molar refractivity (Wildman–Crippen MR) is 117 cm³/mol. The normalized spacial score (nSPS) is 14.5. The molecular formula is C23H24F3N3O5. The molecule has 11 heteroatoms. The number of esters is 1. The molecule has 0 atom stereocenters. The molecule has 0 aromatic heterocycles. The second-order valence-electron chi connectivity index (χ2n) is 8.01. The lowest BCUT2D eigenvalue weighted by Crippen LogP contribution is -2.41. The van der Waals surface area contributed by atoms with Crippen molar-refractivity contribution >= 4 is 23.3 Å². The van der Waals surface area contributed by atoms with E-state index in [4.69, 9.17) is 4.74 Å². The number of nitro groups is 1. The van der Waals surface area contributed by atoms with Gasteiger partial charge in [-0.15, -0.1) is 0 Å². The summed E-state index contributed by atoms with van der Waals surface area (Å²) in [5.41, 5.74) is -1.01. The van der Waals surface area contributed by atoms with Crippen molar-refractivity contribution < 1.29 is 32.4 Å². The molecule has 0 unspecified atom stereocenters. The van der Waals surface area contributed by atoms with Gasteiger partial charge in [0.15, 0.2) is 6.61 Å². The summed E-state index contributed by atoms with van der Waals surface area (Å²) >= 11 is 0. The van der Waals surface area contributed by atoms with E-state index in [9.17, 15) is 32.9 Å². The maximum Gasteiger partial charge on any atom is 0.416 e. The van der Waals surface area contributed by atoms with E-state index in [1.165, 1.54) is 5.56 Å². The zero-order valence-electron chi connectivity index (χ0n) is 18.2. The Bertz CT molecular complexity index is 1020. The number of hydrogen-bond donors (Lipinski definition) is 1. The van der Waals surface area contributed by atoms with Crippen LogP contribution in [0.1, 0.15) is 24.0 Å². The first kappa shape index (κ1) is 25.0. The highest BCUT2D eigenvalue weighted by atomic mass is 19.4. The smallest absolute Gasteiger partial charge is 0.416 e. The van der Waals surface area contributed by atoms with E-state index in [2.05, 4.69) is 17.4 Å². The number of carbonyl (C=O) groups excluding carboxylic acids is 2. The van der Waals surface area contributed by atoms with Gasteiger partial charge in [-0.1, -0.05) is 30.3 Å². The number of piperidine rings is 1. The standard InChI is InChI=1S/C23H24F3N3O5/c24-23(25,26)18-6-7-19(20(13-18)29(32)33)27-14-22(31)34-15-21(30)28-10-8-17(9-11-28)12-16-4-2-1-3-5-16/h1-7,13,17,27H,8-12,14-15H2. The second-order valence-corrected chi connectivity index (χ2v) is 8.01. The summed E-state index contributed by atoms with van der Waals surface area (Å²) < 4.78 is 43.3. The molecule has 3 rings (SSSR count). The minimum atomic E-state index is -4.74. The number of likely N-dealkylation sites (tertiary alicyclic amines) is 1. The van der Waals surface area contributed by atoms with Crippen LogP contribution in [0.5, 0.6) is 0 Å². The first-order valence-corrected chi connectivity index (χ1v) is 10.7. The average Bonchev–Trinajstić information content (AvgIpc) is 2.81. The van der Waals surface area contributed by atoms with E-state index in [0.717, 1.165) is 25.3 Å². The van der Waals surface area contributed by atoms with E-state index in [0.29, 0.717) is 31.1 Å². The van der Waals surface area contributed by atoms with Crippen molar-refractivity contribution in [2.24, 2.45) is 5.92 Å². The zero-order valence-corrected chi connectivity index (χ0v) is 18.2. The van der Waals surface area contributed by atoms with Gasteiger partial charge in [-0.2, -0.15) is 13.2 Å². The van der Waals surface area contributed by atoms with Crippen molar-refractivity contribution in [1.29, 1.82) is 0 Å². The molecule has 0 bridgehead atoms. The van der Waals surface area contributed by atoms with Gasteiger partial charge >= 0.3 is 12.1 Å². The van der Waals surface area contributed by atoms with Crippen LogP contribution in [0.25, 0.3) is 0 Å². The first-order chi connectivity index (χ1) is 16.1. The summed E-state index contributed by atoms with van der Waals surface area (Å²) in [5, 5.41) is 13.5. The monoisotopic (exact) mass is 479 g/mol. The molecule has 8 nitrogen and oxygen atoms in total. The summed E-state index contributed by atoms with van der Waals surface area (Å²) in [5.74, 6) is -0.730. The Labute approximate surface area is 193 Å². The van der Waals surface area contributed by atoms with E-state index in [-0.39, 0.29) is 11.6 Å². The fraction of sp³-hybridized carbons (Fsp3) is 0.391. The fourth-order valence-electron chi connectivity index (χ4n) is 3.79. The van der Waals surface area contributed by atoms with Crippen LogP contribution in [0.2, 0.25) is 0 Å². The topological polar surface area (TPSA) is 102 Å². The molecule has 1 fully saturated rings. The Kier molecular flexibility index (Phi) is 8.08. The third kappa shape index (κ3) is 6.93. The number of nitrogens with one attached hydrogen (secondary N) is 1. The van der Waals surface area contributed by atoms with Gasteiger partial charge in [0, 0.05) is 19.2 Å². The molecule has 1 saturated heterocycles. The van der Waals surface area contributed by atoms with E-state index < -0.39 is 41.5 Å². The van der Waals surface area contributed by atoms with Gasteiger partial charge in [-0.05, 0) is 42.9 Å². The van der Waals surface area contributed by atoms with Gasteiger partial charge in [0.2, 0.25) is 0 Å². The van der Waals surface area contributed by atoms with Crippen molar-refractivity contribution in [2.45, 2.75) is 25.4 Å². The first-order valence-electron chi connectivity index (χ1n) is 10.7. The zero-order chi connectivity index (χ0) is 24.7. The third-order valence-corrected chi connectivity index (χ3v) is 5.64. The number of alkyl halides is 3. The van der Waals surface area contributed by atoms with Crippen LogP contribution in [0, 0.1) is 16.0 Å². The number of ether oxygens (including phenoxy) is 1. The molecule has 182 valence electrons. The molecule has 1 amide bonds. The quantitative estimate of drug-likeness (QED) is 0.348. The number of hydrogen-bond acceptors (Lipinski definition) is 6. The van der Waals surface area contributed by atoms with E-state index in [1.807, 2.05) is 18.2 Å². The summed E-state index contributed by atoms with van der Waals surface area (Å²) in [4.78, 5) is 36.1. The molecule has 1 aliphatic rings. The van der Waals surface area contributed by atoms with Gasteiger partial charge in [-0.3, -0.25) is 19.7 Å². The van der Waals surface area contributed by atoms with Crippen LogP contribution < -0.4 is 5.32 Å². The van der Waals surface area contributed by atoms with Crippen LogP contribution in [-0.2, 0) is 26.9 Å². The molecule has 1 N–H and O–H groups in total. The fourth-order valence-corrected chi connectivity index (χ4v) is 3.79. The number of benzene rings is 2. The van der Waals surface area contributed by atoms with Gasteiger partial charge in [0.1, 0.15) is 12.2 Å². The maximum atomic E-state index is 12.8. The molecular weight excluding hydrogens is 455 g/mol. The summed E-state index contributed by atoms with van der Waals surface area (Å²) in [6.07, 6.45) is -2.11. The molecule has 1 heterocycles. The number of rotatable bonds is 8. The average molecular weight is 479 g/mol. The van der Waals surface area contributed by atoms with Gasteiger partial charge < -0.3 is 15.0 Å². The highest BCUT2D eigenvalue weighted by Crippen LogP contribution is 2.34. The van der Waals surface area contributed by atoms with Crippen LogP contribution in [0.15, 0.2) is 48.5 Å². The number of halogens is 3. The number of carbonyl (C=O) groups is 2. The second kappa shape index (κ2) is 11.0. The molecule has 2 aromatic carbocycles. The van der Waals surface area contributed by atoms with Crippen LogP contribution in [0.3, 0.4) is 0 Å². The number of nitro benzene ring substituents is 1. The number of anilines is 1. The van der Waals surface area contributed by atoms with Crippen molar-refractivity contribution in [3.63, 3.8) is 0 Å². The van der Waals surface area contributed by atoms with Crippen molar-refractivity contribution in [2.75, 3.05) is 31.6 Å². The third-order valence-electron chi connectivity index (χ3n) is 5.64. The molecule has 1 aliphatic heterocycles.